The Kier molecular flexibility index (Phi) is 8.65. The lowest BCUT2D eigenvalue weighted by Crippen LogP contribution is -2.05. The minimum atomic E-state index is -1.40. The second-order valence-corrected chi connectivity index (χ2v) is 9.34. The summed E-state index contributed by atoms with van der Waals surface area (Å²) in [6.07, 6.45) is 9.53. The first-order chi connectivity index (χ1) is 14.3. The van der Waals surface area contributed by atoms with Crippen molar-refractivity contribution in [3.05, 3.63) is 78.9 Å². The van der Waals surface area contributed by atoms with E-state index in [9.17, 15) is 4.57 Å². The molecule has 1 atom stereocenters. The highest BCUT2D eigenvalue weighted by Crippen LogP contribution is 2.36. The molecule has 0 amide bonds. The Labute approximate surface area is 177 Å². The van der Waals surface area contributed by atoms with Crippen LogP contribution in [0.5, 0.6) is 0 Å². The summed E-state index contributed by atoms with van der Waals surface area (Å²) >= 11 is 0. The predicted octanol–water partition coefficient (Wildman–Crippen LogP) is 8.22. The lowest BCUT2D eigenvalue weighted by Gasteiger charge is -2.11. The number of unbranched alkanes of at least 4 members (excludes halogenated alkanes) is 6. The van der Waals surface area contributed by atoms with E-state index in [-0.39, 0.29) is 0 Å². The standard InChI is InChI=1S/C27H32OP/c1-2-3-4-5-6-7-14-22-29(28)26-21-15-20-25(23-16-10-8-11-17-23)27(26)24-18-12-9-13-19-24/h8-13,15-21H,2-7,14,22H2,1H3/q+1. The molecule has 0 saturated heterocycles. The van der Waals surface area contributed by atoms with Crippen LogP contribution in [0.4, 0.5) is 0 Å². The van der Waals surface area contributed by atoms with Gasteiger partial charge in [0.05, 0.1) is 0 Å². The topological polar surface area (TPSA) is 17.1 Å². The molecule has 0 heterocycles. The Morgan fingerprint density at radius 3 is 1.86 bits per heavy atom. The molecule has 0 saturated carbocycles. The highest BCUT2D eigenvalue weighted by Gasteiger charge is 2.26. The molecule has 0 aliphatic carbocycles. The van der Waals surface area contributed by atoms with Crippen molar-refractivity contribution < 1.29 is 4.57 Å². The third-order valence-corrected chi connectivity index (χ3v) is 7.06. The van der Waals surface area contributed by atoms with Crippen molar-refractivity contribution in [3.8, 4) is 22.3 Å². The summed E-state index contributed by atoms with van der Waals surface area (Å²) in [7, 11) is -1.40. The smallest absolute Gasteiger partial charge is 0.0681 e. The largest absolute Gasteiger partial charge is 0.377 e. The van der Waals surface area contributed by atoms with Crippen molar-refractivity contribution in [3.63, 3.8) is 0 Å². The van der Waals surface area contributed by atoms with Gasteiger partial charge in [-0.15, -0.1) is 0 Å². The third kappa shape index (κ3) is 6.12. The van der Waals surface area contributed by atoms with Crippen LogP contribution < -0.4 is 5.30 Å². The first-order valence-corrected chi connectivity index (χ1v) is 12.4. The molecule has 150 valence electrons. The van der Waals surface area contributed by atoms with Crippen LogP contribution in [-0.4, -0.2) is 6.16 Å². The number of rotatable bonds is 11. The van der Waals surface area contributed by atoms with Gasteiger partial charge in [0.25, 0.3) is 0 Å². The molecule has 0 fully saturated rings. The fourth-order valence-corrected chi connectivity index (χ4v) is 5.35. The van der Waals surface area contributed by atoms with Gasteiger partial charge >= 0.3 is 7.80 Å². The summed E-state index contributed by atoms with van der Waals surface area (Å²) in [5, 5.41) is 0.999. The zero-order chi connectivity index (χ0) is 20.3. The third-order valence-electron chi connectivity index (χ3n) is 5.42. The number of benzene rings is 3. The van der Waals surface area contributed by atoms with Crippen molar-refractivity contribution in [1.82, 2.24) is 0 Å². The fourth-order valence-electron chi connectivity index (χ4n) is 3.85. The first-order valence-electron chi connectivity index (χ1n) is 11.0. The van der Waals surface area contributed by atoms with Crippen LogP contribution in [0.25, 0.3) is 22.3 Å². The van der Waals surface area contributed by atoms with E-state index in [1.165, 1.54) is 44.1 Å². The summed E-state index contributed by atoms with van der Waals surface area (Å²) in [6, 6.07) is 27.1. The minimum Gasteiger partial charge on any atom is -0.0681 e. The van der Waals surface area contributed by atoms with Crippen molar-refractivity contribution in [2.45, 2.75) is 51.9 Å². The van der Waals surface area contributed by atoms with E-state index in [1.54, 1.807) is 0 Å². The van der Waals surface area contributed by atoms with E-state index in [2.05, 4.69) is 73.7 Å². The Morgan fingerprint density at radius 2 is 1.21 bits per heavy atom. The quantitative estimate of drug-likeness (QED) is 0.233. The minimum absolute atomic E-state index is 0.779. The Balaban J connectivity index is 1.80. The van der Waals surface area contributed by atoms with Gasteiger partial charge in [-0.25, -0.2) is 0 Å². The van der Waals surface area contributed by atoms with Gasteiger partial charge in [0.2, 0.25) is 0 Å². The van der Waals surface area contributed by atoms with E-state index >= 15 is 0 Å². The summed E-state index contributed by atoms with van der Waals surface area (Å²) in [4.78, 5) is 0. The Hall–Kier alpha value is -2.24. The molecule has 29 heavy (non-hydrogen) atoms. The van der Waals surface area contributed by atoms with Gasteiger partial charge in [0, 0.05) is 5.56 Å². The molecule has 0 aliphatic heterocycles. The van der Waals surface area contributed by atoms with E-state index in [1.807, 2.05) is 12.1 Å². The van der Waals surface area contributed by atoms with Gasteiger partial charge in [0.15, 0.2) is 11.5 Å². The summed E-state index contributed by atoms with van der Waals surface area (Å²) < 4.78 is 13.3. The molecule has 0 radical (unpaired) electrons. The Bertz CT molecular complexity index is 887. The van der Waals surface area contributed by atoms with Crippen molar-refractivity contribution in [2.75, 3.05) is 6.16 Å². The molecule has 0 aromatic heterocycles. The molecule has 3 aromatic carbocycles. The SMILES string of the molecule is CCCCCCCCC[P+](=O)c1cccc(-c2ccccc2)c1-c1ccccc1. The van der Waals surface area contributed by atoms with Gasteiger partial charge in [-0.05, 0) is 35.6 Å². The van der Waals surface area contributed by atoms with Gasteiger partial charge < -0.3 is 0 Å². The van der Waals surface area contributed by atoms with Crippen LogP contribution in [0.15, 0.2) is 78.9 Å². The van der Waals surface area contributed by atoms with Crippen LogP contribution in [0.1, 0.15) is 51.9 Å². The maximum Gasteiger partial charge on any atom is 0.377 e. The fraction of sp³-hybridized carbons (Fsp3) is 0.333. The van der Waals surface area contributed by atoms with Gasteiger partial charge in [-0.2, -0.15) is 0 Å². The van der Waals surface area contributed by atoms with Crippen LogP contribution in [0.3, 0.4) is 0 Å². The molecule has 0 N–H and O–H groups in total. The van der Waals surface area contributed by atoms with E-state index in [4.69, 9.17) is 0 Å². The second-order valence-electron chi connectivity index (χ2n) is 7.66. The molecule has 2 heteroatoms. The number of hydrogen-bond donors (Lipinski definition) is 0. The highest BCUT2D eigenvalue weighted by molar-refractivity contribution is 7.53. The average molecular weight is 404 g/mol. The lowest BCUT2D eigenvalue weighted by atomic mass is 9.94. The van der Waals surface area contributed by atoms with Crippen LogP contribution in [-0.2, 0) is 4.57 Å². The van der Waals surface area contributed by atoms with Crippen molar-refractivity contribution in [1.29, 1.82) is 0 Å². The summed E-state index contributed by atoms with van der Waals surface area (Å²) in [6.45, 7) is 2.25. The molecular weight excluding hydrogens is 371 g/mol. The zero-order valence-electron chi connectivity index (χ0n) is 17.5. The molecule has 0 spiro atoms. The lowest BCUT2D eigenvalue weighted by molar-refractivity contribution is 0.582. The first kappa shape index (κ1) is 21.5. The molecule has 1 nitrogen and oxygen atoms in total. The maximum absolute atomic E-state index is 13.3. The zero-order valence-corrected chi connectivity index (χ0v) is 18.4. The van der Waals surface area contributed by atoms with E-state index in [0.717, 1.165) is 34.6 Å². The normalized spacial score (nSPS) is 11.4. The van der Waals surface area contributed by atoms with E-state index in [0.29, 0.717) is 0 Å². The van der Waals surface area contributed by atoms with Crippen molar-refractivity contribution in [2.24, 2.45) is 0 Å². The molecule has 3 aromatic rings. The molecular formula is C27H32OP+. The average Bonchev–Trinajstić information content (AvgIpc) is 2.79. The van der Waals surface area contributed by atoms with Crippen LogP contribution >= 0.6 is 7.80 Å². The van der Waals surface area contributed by atoms with Crippen LogP contribution in [0, 0.1) is 0 Å². The van der Waals surface area contributed by atoms with Gasteiger partial charge in [-0.3, -0.25) is 0 Å². The predicted molar refractivity (Wildman–Crippen MR) is 127 cm³/mol. The maximum atomic E-state index is 13.3. The summed E-state index contributed by atoms with van der Waals surface area (Å²) in [5.74, 6) is 0. The van der Waals surface area contributed by atoms with E-state index < -0.39 is 7.80 Å². The van der Waals surface area contributed by atoms with Crippen molar-refractivity contribution >= 4 is 13.1 Å². The second kappa shape index (κ2) is 11.7. The summed E-state index contributed by atoms with van der Waals surface area (Å²) in [5.41, 5.74) is 4.61. The number of hydrogen-bond acceptors (Lipinski definition) is 1. The highest BCUT2D eigenvalue weighted by atomic mass is 31.1. The van der Waals surface area contributed by atoms with Gasteiger partial charge in [0.1, 0.15) is 0 Å². The monoisotopic (exact) mass is 403 g/mol. The molecule has 0 aliphatic rings. The molecule has 0 bridgehead atoms. The molecule has 1 unspecified atom stereocenters. The van der Waals surface area contributed by atoms with Gasteiger partial charge in [-0.1, -0.05) is 116 Å². The van der Waals surface area contributed by atoms with Crippen LogP contribution in [0.2, 0.25) is 0 Å². The Morgan fingerprint density at radius 1 is 0.621 bits per heavy atom. The molecule has 3 rings (SSSR count).